The first-order chi connectivity index (χ1) is 10.3. The number of nitrogens with zero attached hydrogens (tertiary/aromatic N) is 2. The van der Waals surface area contributed by atoms with E-state index in [0.717, 1.165) is 38.7 Å². The molecule has 4 heteroatoms. The molecule has 1 N–H and O–H groups in total. The van der Waals surface area contributed by atoms with Crippen LogP contribution in [0.2, 0.25) is 0 Å². The lowest BCUT2D eigenvalue weighted by Gasteiger charge is -2.21. The minimum absolute atomic E-state index is 0.724. The average Bonchev–Trinajstić information content (AvgIpc) is 2.52. The lowest BCUT2D eigenvalue weighted by molar-refractivity contribution is 0.154. The molecular weight excluding hydrogens is 262 g/mol. The second-order valence-electron chi connectivity index (χ2n) is 5.05. The lowest BCUT2D eigenvalue weighted by atomic mass is 10.1. The van der Waals surface area contributed by atoms with E-state index in [9.17, 15) is 0 Å². The van der Waals surface area contributed by atoms with Crippen molar-refractivity contribution in [2.24, 2.45) is 0 Å². The molecule has 1 aromatic heterocycles. The number of rotatable bonds is 8. The average molecular weight is 287 g/mol. The molecule has 114 valence electrons. The fourth-order valence-corrected chi connectivity index (χ4v) is 2.39. The van der Waals surface area contributed by atoms with Gasteiger partial charge in [0.15, 0.2) is 0 Å². The molecular formula is C17H25N3O. The van der Waals surface area contributed by atoms with Crippen LogP contribution in [0, 0.1) is 0 Å². The zero-order chi connectivity index (χ0) is 15.1. The van der Waals surface area contributed by atoms with Crippen LogP contribution in [0.15, 0.2) is 30.5 Å². The van der Waals surface area contributed by atoms with Crippen molar-refractivity contribution in [1.82, 2.24) is 10.3 Å². The van der Waals surface area contributed by atoms with Gasteiger partial charge in [0.05, 0.1) is 6.61 Å². The molecule has 0 saturated carbocycles. The molecule has 0 aliphatic carbocycles. The number of hydrogen-bond acceptors (Lipinski definition) is 4. The summed E-state index contributed by atoms with van der Waals surface area (Å²) in [4.78, 5) is 6.83. The third-order valence-electron chi connectivity index (χ3n) is 3.56. The molecule has 0 bridgehead atoms. The molecule has 0 unspecified atom stereocenters. The van der Waals surface area contributed by atoms with E-state index >= 15 is 0 Å². The van der Waals surface area contributed by atoms with Crippen LogP contribution >= 0.6 is 0 Å². The highest BCUT2D eigenvalue weighted by Gasteiger charge is 2.10. The highest BCUT2D eigenvalue weighted by molar-refractivity contribution is 5.94. The Kier molecular flexibility index (Phi) is 5.96. The maximum absolute atomic E-state index is 5.44. The van der Waals surface area contributed by atoms with Crippen LogP contribution < -0.4 is 10.2 Å². The van der Waals surface area contributed by atoms with E-state index in [1.165, 1.54) is 16.3 Å². The zero-order valence-corrected chi connectivity index (χ0v) is 13.2. The van der Waals surface area contributed by atoms with Gasteiger partial charge in [0.25, 0.3) is 0 Å². The van der Waals surface area contributed by atoms with Crippen LogP contribution in [0.25, 0.3) is 10.8 Å². The molecule has 0 radical (unpaired) electrons. The molecule has 2 rings (SSSR count). The summed E-state index contributed by atoms with van der Waals surface area (Å²) in [6.07, 6.45) is 1.98. The largest absolute Gasteiger partial charge is 0.380 e. The maximum Gasteiger partial charge on any atom is 0.136 e. The number of likely N-dealkylation sites (N-methyl/N-ethyl adjacent to an activating group) is 1. The van der Waals surface area contributed by atoms with Gasteiger partial charge in [-0.15, -0.1) is 0 Å². The standard InChI is InChI=1S/C17H25N3O/c1-4-18-12-14-13-19-17(20(3)10-11-21-5-2)16-9-7-6-8-15(14)16/h6-9,13,18H,4-5,10-12H2,1-3H3. The monoisotopic (exact) mass is 287 g/mol. The summed E-state index contributed by atoms with van der Waals surface area (Å²) in [7, 11) is 2.07. The van der Waals surface area contributed by atoms with E-state index in [1.807, 2.05) is 13.1 Å². The predicted octanol–water partition coefficient (Wildman–Crippen LogP) is 2.82. The summed E-state index contributed by atoms with van der Waals surface area (Å²) in [6.45, 7) is 8.27. The molecule has 0 aliphatic heterocycles. The molecule has 0 amide bonds. The minimum Gasteiger partial charge on any atom is -0.380 e. The van der Waals surface area contributed by atoms with Gasteiger partial charge in [-0.1, -0.05) is 31.2 Å². The highest BCUT2D eigenvalue weighted by Crippen LogP contribution is 2.26. The summed E-state index contributed by atoms with van der Waals surface area (Å²) in [6, 6.07) is 8.47. The van der Waals surface area contributed by atoms with Gasteiger partial charge in [0, 0.05) is 38.3 Å². The van der Waals surface area contributed by atoms with Gasteiger partial charge >= 0.3 is 0 Å². The third kappa shape index (κ3) is 3.93. The molecule has 4 nitrogen and oxygen atoms in total. The quantitative estimate of drug-likeness (QED) is 0.758. The SMILES string of the molecule is CCNCc1cnc(N(C)CCOCC)c2ccccc12. The fourth-order valence-electron chi connectivity index (χ4n) is 2.39. The maximum atomic E-state index is 5.44. The first-order valence-electron chi connectivity index (χ1n) is 7.64. The first-order valence-corrected chi connectivity index (χ1v) is 7.64. The van der Waals surface area contributed by atoms with Gasteiger partial charge in [0.1, 0.15) is 5.82 Å². The van der Waals surface area contributed by atoms with Crippen LogP contribution in [0.4, 0.5) is 5.82 Å². The Morgan fingerprint density at radius 1 is 1.19 bits per heavy atom. The van der Waals surface area contributed by atoms with E-state index in [2.05, 4.69) is 53.4 Å². The van der Waals surface area contributed by atoms with E-state index in [4.69, 9.17) is 4.74 Å². The zero-order valence-electron chi connectivity index (χ0n) is 13.2. The summed E-state index contributed by atoms with van der Waals surface area (Å²) in [5.41, 5.74) is 1.24. The topological polar surface area (TPSA) is 37.4 Å². The highest BCUT2D eigenvalue weighted by atomic mass is 16.5. The van der Waals surface area contributed by atoms with E-state index in [0.29, 0.717) is 0 Å². The van der Waals surface area contributed by atoms with Crippen molar-refractivity contribution < 1.29 is 4.74 Å². The van der Waals surface area contributed by atoms with Crippen molar-refractivity contribution in [3.63, 3.8) is 0 Å². The van der Waals surface area contributed by atoms with Gasteiger partial charge in [-0.2, -0.15) is 0 Å². The Hall–Kier alpha value is -1.65. The van der Waals surface area contributed by atoms with Crippen LogP contribution in [-0.4, -0.2) is 38.3 Å². The van der Waals surface area contributed by atoms with Gasteiger partial charge in [-0.05, 0) is 24.4 Å². The lowest BCUT2D eigenvalue weighted by Crippen LogP contribution is -2.24. The van der Waals surface area contributed by atoms with Crippen LogP contribution in [0.1, 0.15) is 19.4 Å². The molecule has 0 aliphatic rings. The summed E-state index contributed by atoms with van der Waals surface area (Å²) >= 11 is 0. The van der Waals surface area contributed by atoms with Crippen LogP contribution in [0.5, 0.6) is 0 Å². The van der Waals surface area contributed by atoms with Crippen molar-refractivity contribution in [3.8, 4) is 0 Å². The molecule has 1 heterocycles. The minimum atomic E-state index is 0.724. The van der Waals surface area contributed by atoms with E-state index < -0.39 is 0 Å². The smallest absolute Gasteiger partial charge is 0.136 e. The van der Waals surface area contributed by atoms with E-state index in [1.54, 1.807) is 0 Å². The Bertz CT molecular complexity index is 571. The molecule has 1 aromatic carbocycles. The number of pyridine rings is 1. The first kappa shape index (κ1) is 15.7. The number of nitrogens with one attached hydrogen (secondary N) is 1. The molecule has 21 heavy (non-hydrogen) atoms. The number of aromatic nitrogens is 1. The van der Waals surface area contributed by atoms with Crippen molar-refractivity contribution in [2.45, 2.75) is 20.4 Å². The molecule has 2 aromatic rings. The van der Waals surface area contributed by atoms with Crippen molar-refractivity contribution in [1.29, 1.82) is 0 Å². The Labute approximate surface area is 127 Å². The number of fused-ring (bicyclic) bond motifs is 1. The van der Waals surface area contributed by atoms with Crippen LogP contribution in [-0.2, 0) is 11.3 Å². The van der Waals surface area contributed by atoms with Crippen molar-refractivity contribution >= 4 is 16.6 Å². The predicted molar refractivity (Wildman–Crippen MR) is 88.9 cm³/mol. The van der Waals surface area contributed by atoms with Gasteiger partial charge < -0.3 is 15.0 Å². The Balaban J connectivity index is 2.28. The van der Waals surface area contributed by atoms with Gasteiger partial charge in [0.2, 0.25) is 0 Å². The molecule has 0 saturated heterocycles. The second-order valence-corrected chi connectivity index (χ2v) is 5.05. The third-order valence-corrected chi connectivity index (χ3v) is 3.56. The summed E-state index contributed by atoms with van der Waals surface area (Å²) in [5, 5.41) is 5.84. The molecule has 0 atom stereocenters. The van der Waals surface area contributed by atoms with Crippen molar-refractivity contribution in [3.05, 3.63) is 36.0 Å². The molecule has 0 fully saturated rings. The number of hydrogen-bond donors (Lipinski definition) is 1. The van der Waals surface area contributed by atoms with Crippen LogP contribution in [0.3, 0.4) is 0 Å². The molecule has 0 spiro atoms. The van der Waals surface area contributed by atoms with E-state index in [-0.39, 0.29) is 0 Å². The summed E-state index contributed by atoms with van der Waals surface area (Å²) < 4.78 is 5.44. The Morgan fingerprint density at radius 2 is 1.95 bits per heavy atom. The fraction of sp³-hybridized carbons (Fsp3) is 0.471. The number of ether oxygens (including phenoxy) is 1. The Morgan fingerprint density at radius 3 is 2.67 bits per heavy atom. The number of anilines is 1. The normalized spacial score (nSPS) is 11.0. The van der Waals surface area contributed by atoms with Gasteiger partial charge in [-0.25, -0.2) is 4.98 Å². The van der Waals surface area contributed by atoms with Crippen molar-refractivity contribution in [2.75, 3.05) is 38.3 Å². The second kappa shape index (κ2) is 7.96. The van der Waals surface area contributed by atoms with Gasteiger partial charge in [-0.3, -0.25) is 0 Å². The number of benzene rings is 1. The summed E-state index contributed by atoms with van der Waals surface area (Å²) in [5.74, 6) is 1.02.